The van der Waals surface area contributed by atoms with E-state index in [1.54, 1.807) is 18.5 Å². The maximum absolute atomic E-state index is 13.7. The molecular weight excluding hydrogens is 529 g/mol. The van der Waals surface area contributed by atoms with Gasteiger partial charge in [0.1, 0.15) is 18.0 Å². The topological polar surface area (TPSA) is 73.0 Å². The van der Waals surface area contributed by atoms with Gasteiger partial charge in [-0.25, -0.2) is 14.4 Å². The second-order valence-corrected chi connectivity index (χ2v) is 10.7. The summed E-state index contributed by atoms with van der Waals surface area (Å²) in [7, 11) is 0. The first-order chi connectivity index (χ1) is 20.7. The van der Waals surface area contributed by atoms with Gasteiger partial charge in [-0.3, -0.25) is 9.58 Å². The van der Waals surface area contributed by atoms with Crippen molar-refractivity contribution in [3.05, 3.63) is 103 Å². The van der Waals surface area contributed by atoms with E-state index in [2.05, 4.69) is 66.5 Å². The summed E-state index contributed by atoms with van der Waals surface area (Å²) in [6.07, 6.45) is 8.91. The molecule has 212 valence electrons. The summed E-state index contributed by atoms with van der Waals surface area (Å²) in [5.41, 5.74) is 5.93. The lowest BCUT2D eigenvalue weighted by Gasteiger charge is -2.26. The lowest BCUT2D eigenvalue weighted by molar-refractivity contribution is 0.0369. The fourth-order valence-electron chi connectivity index (χ4n) is 5.62. The number of aromatic nitrogens is 5. The lowest BCUT2D eigenvalue weighted by Crippen LogP contribution is -2.37. The standard InChI is InChI=1S/C33H32FN7O/c34-28-4-1-3-24(17-28)21-41-32-8-6-29(18-27(32)20-37-41)38-33-30-19-25(5-7-31(30)35-23-36-33)26-9-12-40(22-26)11-2-10-39-13-15-42-16-14-39/h1,3-9,12,17-20,22-23H,2,10-11,13-16,21H2,(H,35,36,38). The van der Waals surface area contributed by atoms with Crippen LogP contribution < -0.4 is 5.32 Å². The van der Waals surface area contributed by atoms with Crippen LogP contribution in [0.3, 0.4) is 0 Å². The molecule has 6 aromatic rings. The van der Waals surface area contributed by atoms with E-state index in [0.717, 1.165) is 90.3 Å². The number of anilines is 2. The summed E-state index contributed by atoms with van der Waals surface area (Å²) in [5.74, 6) is 0.506. The van der Waals surface area contributed by atoms with Crippen molar-refractivity contribution >= 4 is 33.3 Å². The van der Waals surface area contributed by atoms with Gasteiger partial charge in [0.05, 0.1) is 37.0 Å². The minimum Gasteiger partial charge on any atom is -0.379 e. The van der Waals surface area contributed by atoms with Gasteiger partial charge in [-0.1, -0.05) is 18.2 Å². The molecule has 8 nitrogen and oxygen atoms in total. The number of halogens is 1. The molecule has 0 atom stereocenters. The second-order valence-electron chi connectivity index (χ2n) is 10.7. The highest BCUT2D eigenvalue weighted by Crippen LogP contribution is 2.30. The summed E-state index contributed by atoms with van der Waals surface area (Å²) in [5, 5.41) is 9.98. The Hall–Kier alpha value is -4.60. The molecule has 0 saturated carbocycles. The van der Waals surface area contributed by atoms with Gasteiger partial charge in [0, 0.05) is 55.0 Å². The van der Waals surface area contributed by atoms with Crippen LogP contribution in [0.1, 0.15) is 12.0 Å². The second kappa shape index (κ2) is 11.7. The Kier molecular flexibility index (Phi) is 7.34. The van der Waals surface area contributed by atoms with E-state index in [1.807, 2.05) is 35.1 Å². The maximum atomic E-state index is 13.7. The third-order valence-electron chi connectivity index (χ3n) is 7.84. The zero-order valence-corrected chi connectivity index (χ0v) is 23.3. The van der Waals surface area contributed by atoms with Crippen molar-refractivity contribution in [3.63, 3.8) is 0 Å². The van der Waals surface area contributed by atoms with E-state index < -0.39 is 0 Å². The van der Waals surface area contributed by atoms with Crippen LogP contribution in [0.15, 0.2) is 91.6 Å². The van der Waals surface area contributed by atoms with Gasteiger partial charge >= 0.3 is 0 Å². The molecule has 9 heteroatoms. The summed E-state index contributed by atoms with van der Waals surface area (Å²) in [4.78, 5) is 11.6. The highest BCUT2D eigenvalue weighted by Gasteiger charge is 2.12. The number of rotatable bonds is 9. The van der Waals surface area contributed by atoms with E-state index in [4.69, 9.17) is 4.74 Å². The lowest BCUT2D eigenvalue weighted by atomic mass is 10.1. The van der Waals surface area contributed by atoms with Crippen molar-refractivity contribution in [2.75, 3.05) is 38.2 Å². The minimum absolute atomic E-state index is 0.243. The van der Waals surface area contributed by atoms with Crippen LogP contribution in [0.4, 0.5) is 15.9 Å². The molecule has 1 N–H and O–H groups in total. The first kappa shape index (κ1) is 26.3. The van der Waals surface area contributed by atoms with Gasteiger partial charge in [-0.2, -0.15) is 5.10 Å². The SMILES string of the molecule is Fc1cccc(Cn2ncc3cc(Nc4ncnc5ccc(-c6ccn(CCCN7CCOCC7)c6)cc45)ccc32)c1. The predicted octanol–water partition coefficient (Wildman–Crippen LogP) is 6.10. The van der Waals surface area contributed by atoms with E-state index >= 15 is 0 Å². The molecule has 3 aromatic carbocycles. The predicted molar refractivity (Wildman–Crippen MR) is 163 cm³/mol. The first-order valence-electron chi connectivity index (χ1n) is 14.4. The quantitative estimate of drug-likeness (QED) is 0.230. The number of aryl methyl sites for hydroxylation is 1. The largest absolute Gasteiger partial charge is 0.379 e. The number of morpholine rings is 1. The Bertz CT molecular complexity index is 1840. The number of hydrogen-bond donors (Lipinski definition) is 1. The van der Waals surface area contributed by atoms with Gasteiger partial charge in [0.15, 0.2) is 0 Å². The molecule has 7 rings (SSSR count). The van der Waals surface area contributed by atoms with Crippen molar-refractivity contribution in [2.24, 2.45) is 0 Å². The number of ether oxygens (including phenoxy) is 1. The molecule has 0 bridgehead atoms. The van der Waals surface area contributed by atoms with E-state index in [0.29, 0.717) is 6.54 Å². The molecular formula is C33H32FN7O. The number of nitrogens with zero attached hydrogens (tertiary/aromatic N) is 6. The Balaban J connectivity index is 1.08. The Morgan fingerprint density at radius 3 is 2.74 bits per heavy atom. The minimum atomic E-state index is -0.243. The highest BCUT2D eigenvalue weighted by atomic mass is 19.1. The van der Waals surface area contributed by atoms with E-state index in [-0.39, 0.29) is 5.82 Å². The average molecular weight is 562 g/mol. The molecule has 0 unspecified atom stereocenters. The first-order valence-corrected chi connectivity index (χ1v) is 14.4. The molecule has 1 fully saturated rings. The monoisotopic (exact) mass is 561 g/mol. The van der Waals surface area contributed by atoms with Crippen LogP contribution in [0.2, 0.25) is 0 Å². The molecule has 42 heavy (non-hydrogen) atoms. The third-order valence-corrected chi connectivity index (χ3v) is 7.84. The molecule has 3 aromatic heterocycles. The van der Waals surface area contributed by atoms with Gasteiger partial charge in [-0.15, -0.1) is 0 Å². The molecule has 0 radical (unpaired) electrons. The van der Waals surface area contributed by atoms with Crippen LogP contribution >= 0.6 is 0 Å². The molecule has 4 heterocycles. The number of benzene rings is 3. The van der Waals surface area contributed by atoms with Crippen molar-refractivity contribution in [1.29, 1.82) is 0 Å². The molecule has 1 aliphatic heterocycles. The van der Waals surface area contributed by atoms with Crippen molar-refractivity contribution in [1.82, 2.24) is 29.2 Å². The fourth-order valence-corrected chi connectivity index (χ4v) is 5.62. The van der Waals surface area contributed by atoms with Gasteiger partial charge in [0.25, 0.3) is 0 Å². The van der Waals surface area contributed by atoms with Crippen LogP contribution in [-0.4, -0.2) is 62.1 Å². The van der Waals surface area contributed by atoms with Crippen LogP contribution in [0.25, 0.3) is 32.9 Å². The zero-order chi connectivity index (χ0) is 28.3. The summed E-state index contributed by atoms with van der Waals surface area (Å²) >= 11 is 0. The van der Waals surface area contributed by atoms with Gasteiger partial charge < -0.3 is 14.6 Å². The van der Waals surface area contributed by atoms with Crippen LogP contribution in [0.5, 0.6) is 0 Å². The van der Waals surface area contributed by atoms with E-state index in [1.165, 1.54) is 11.6 Å². The van der Waals surface area contributed by atoms with E-state index in [9.17, 15) is 4.39 Å². The van der Waals surface area contributed by atoms with Crippen molar-refractivity contribution in [3.8, 4) is 11.1 Å². The zero-order valence-electron chi connectivity index (χ0n) is 23.3. The maximum Gasteiger partial charge on any atom is 0.141 e. The normalized spacial score (nSPS) is 14.1. The molecule has 1 aliphatic rings. The smallest absolute Gasteiger partial charge is 0.141 e. The van der Waals surface area contributed by atoms with Crippen molar-refractivity contribution in [2.45, 2.75) is 19.5 Å². The average Bonchev–Trinajstić information content (AvgIpc) is 3.65. The van der Waals surface area contributed by atoms with Crippen LogP contribution in [-0.2, 0) is 17.8 Å². The Morgan fingerprint density at radius 2 is 1.83 bits per heavy atom. The number of nitrogens with one attached hydrogen (secondary N) is 1. The summed E-state index contributed by atoms with van der Waals surface area (Å²) in [6, 6.07) is 21.2. The summed E-state index contributed by atoms with van der Waals surface area (Å²) < 4.78 is 23.3. The molecule has 1 saturated heterocycles. The third kappa shape index (κ3) is 5.74. The summed E-state index contributed by atoms with van der Waals surface area (Å²) in [6.45, 7) is 6.33. The molecule has 0 aliphatic carbocycles. The number of fused-ring (bicyclic) bond motifs is 2. The highest BCUT2D eigenvalue weighted by molar-refractivity contribution is 5.94. The number of hydrogen-bond acceptors (Lipinski definition) is 6. The Morgan fingerprint density at radius 1 is 0.905 bits per heavy atom. The van der Waals surface area contributed by atoms with Gasteiger partial charge in [0.2, 0.25) is 0 Å². The van der Waals surface area contributed by atoms with Crippen molar-refractivity contribution < 1.29 is 9.13 Å². The fraction of sp³-hybridized carbons (Fsp3) is 0.242. The van der Waals surface area contributed by atoms with Crippen LogP contribution in [0, 0.1) is 5.82 Å². The molecule has 0 spiro atoms. The molecule has 0 amide bonds. The Labute approximate surface area is 243 Å². The van der Waals surface area contributed by atoms with Gasteiger partial charge in [-0.05, 0) is 71.6 Å².